The third-order valence-electron chi connectivity index (χ3n) is 4.83. The Kier molecular flexibility index (Phi) is 6.77. The summed E-state index contributed by atoms with van der Waals surface area (Å²) >= 11 is 0. The number of hydrogen-bond donors (Lipinski definition) is 2. The zero-order valence-electron chi connectivity index (χ0n) is 15.7. The van der Waals surface area contributed by atoms with Gasteiger partial charge in [-0.15, -0.1) is 0 Å². The van der Waals surface area contributed by atoms with E-state index in [0.717, 1.165) is 39.1 Å². The van der Waals surface area contributed by atoms with Crippen LogP contribution in [-0.2, 0) is 11.3 Å². The third kappa shape index (κ3) is 5.17. The molecule has 10 nitrogen and oxygen atoms in total. The Morgan fingerprint density at radius 1 is 1.25 bits per heavy atom. The average Bonchev–Trinajstić information content (AvgIpc) is 3.00. The van der Waals surface area contributed by atoms with Gasteiger partial charge in [0.05, 0.1) is 16.5 Å². The molecule has 2 heterocycles. The van der Waals surface area contributed by atoms with Crippen molar-refractivity contribution in [1.29, 1.82) is 0 Å². The van der Waals surface area contributed by atoms with E-state index in [1.54, 1.807) is 0 Å². The molecule has 1 fully saturated rings. The molecule has 1 aromatic heterocycles. The fourth-order valence-electron chi connectivity index (χ4n) is 3.33. The molecule has 10 heteroatoms. The van der Waals surface area contributed by atoms with Crippen LogP contribution in [0, 0.1) is 10.1 Å². The lowest BCUT2D eigenvalue weighted by Crippen LogP contribution is -2.44. The largest absolute Gasteiger partial charge is 0.419 e. The number of oxazole rings is 1. The highest BCUT2D eigenvalue weighted by Crippen LogP contribution is 2.20. The van der Waals surface area contributed by atoms with Crippen LogP contribution in [0.5, 0.6) is 0 Å². The average molecular weight is 391 g/mol. The SMILES string of the molecule is O=C(CCCn1c(=O)oc2cc([N+](=O)[O-])ccc21)NCCCN1CCNCC1. The molecule has 0 bridgehead atoms. The number of carbonyl (C=O) groups is 1. The fourth-order valence-corrected chi connectivity index (χ4v) is 3.33. The van der Waals surface area contributed by atoms with Crippen molar-refractivity contribution in [1.82, 2.24) is 20.1 Å². The molecule has 1 aliphatic heterocycles. The second kappa shape index (κ2) is 9.47. The van der Waals surface area contributed by atoms with Crippen LogP contribution in [0.3, 0.4) is 0 Å². The number of nitro benzene ring substituents is 1. The molecule has 28 heavy (non-hydrogen) atoms. The summed E-state index contributed by atoms with van der Waals surface area (Å²) in [6, 6.07) is 4.06. The van der Waals surface area contributed by atoms with E-state index < -0.39 is 10.7 Å². The van der Waals surface area contributed by atoms with Gasteiger partial charge in [-0.25, -0.2) is 4.79 Å². The van der Waals surface area contributed by atoms with Crippen LogP contribution in [0.1, 0.15) is 19.3 Å². The number of nitrogens with zero attached hydrogens (tertiary/aromatic N) is 3. The Hall–Kier alpha value is -2.72. The lowest BCUT2D eigenvalue weighted by Gasteiger charge is -2.27. The lowest BCUT2D eigenvalue weighted by atomic mass is 10.2. The molecule has 0 unspecified atom stereocenters. The molecule has 1 aromatic carbocycles. The van der Waals surface area contributed by atoms with Crippen molar-refractivity contribution in [2.75, 3.05) is 39.3 Å². The minimum Gasteiger partial charge on any atom is -0.407 e. The molecule has 2 aromatic rings. The maximum Gasteiger partial charge on any atom is 0.419 e. The highest BCUT2D eigenvalue weighted by molar-refractivity contribution is 5.76. The molecule has 0 spiro atoms. The van der Waals surface area contributed by atoms with Crippen LogP contribution in [0.2, 0.25) is 0 Å². The molecule has 0 aliphatic carbocycles. The van der Waals surface area contributed by atoms with E-state index in [1.165, 1.54) is 22.8 Å². The van der Waals surface area contributed by atoms with Crippen LogP contribution in [-0.4, -0.2) is 59.6 Å². The van der Waals surface area contributed by atoms with Gasteiger partial charge >= 0.3 is 5.76 Å². The number of amides is 1. The van der Waals surface area contributed by atoms with Crippen molar-refractivity contribution in [3.8, 4) is 0 Å². The van der Waals surface area contributed by atoms with E-state index in [-0.39, 0.29) is 17.2 Å². The molecule has 0 saturated carbocycles. The minimum atomic E-state index is -0.577. The van der Waals surface area contributed by atoms with Gasteiger partial charge in [-0.1, -0.05) is 0 Å². The maximum absolute atomic E-state index is 12.0. The molecule has 0 radical (unpaired) electrons. The number of non-ortho nitro benzene ring substituents is 1. The highest BCUT2D eigenvalue weighted by Gasteiger charge is 2.14. The summed E-state index contributed by atoms with van der Waals surface area (Å²) < 4.78 is 6.48. The quantitative estimate of drug-likeness (QED) is 0.366. The van der Waals surface area contributed by atoms with E-state index in [9.17, 15) is 19.7 Å². The van der Waals surface area contributed by atoms with Gasteiger partial charge in [0.1, 0.15) is 0 Å². The Balaban J connectivity index is 1.41. The summed E-state index contributed by atoms with van der Waals surface area (Å²) in [5.74, 6) is -0.622. The van der Waals surface area contributed by atoms with Crippen molar-refractivity contribution in [2.24, 2.45) is 0 Å². The monoisotopic (exact) mass is 391 g/mol. The Bertz CT molecular complexity index is 884. The normalized spacial score (nSPS) is 15.0. The van der Waals surface area contributed by atoms with Crippen molar-refractivity contribution in [3.63, 3.8) is 0 Å². The molecule has 1 aliphatic rings. The number of carbonyl (C=O) groups excluding carboxylic acids is 1. The summed E-state index contributed by atoms with van der Waals surface area (Å²) in [7, 11) is 0. The molecular formula is C18H25N5O5. The Morgan fingerprint density at radius 3 is 2.79 bits per heavy atom. The number of fused-ring (bicyclic) bond motifs is 1. The van der Waals surface area contributed by atoms with E-state index in [1.807, 2.05) is 0 Å². The van der Waals surface area contributed by atoms with E-state index in [2.05, 4.69) is 15.5 Å². The Morgan fingerprint density at radius 2 is 2.04 bits per heavy atom. The zero-order chi connectivity index (χ0) is 19.9. The van der Waals surface area contributed by atoms with Crippen molar-refractivity contribution in [3.05, 3.63) is 38.9 Å². The summed E-state index contributed by atoms with van der Waals surface area (Å²) in [5, 5.41) is 17.0. The van der Waals surface area contributed by atoms with Crippen molar-refractivity contribution < 1.29 is 14.1 Å². The number of nitro groups is 1. The van der Waals surface area contributed by atoms with E-state index in [0.29, 0.717) is 31.4 Å². The predicted molar refractivity (Wildman–Crippen MR) is 103 cm³/mol. The molecule has 3 rings (SSSR count). The third-order valence-corrected chi connectivity index (χ3v) is 4.83. The first kappa shape index (κ1) is 20.0. The highest BCUT2D eigenvalue weighted by atomic mass is 16.6. The van der Waals surface area contributed by atoms with Crippen LogP contribution in [0.4, 0.5) is 5.69 Å². The summed E-state index contributed by atoms with van der Waals surface area (Å²) in [5.41, 5.74) is 0.539. The number of hydrogen-bond acceptors (Lipinski definition) is 7. The van der Waals surface area contributed by atoms with Gasteiger partial charge < -0.3 is 20.0 Å². The second-order valence-electron chi connectivity index (χ2n) is 6.83. The van der Waals surface area contributed by atoms with Gasteiger partial charge in [0.2, 0.25) is 5.91 Å². The number of piperazine rings is 1. The number of aromatic nitrogens is 1. The molecule has 0 atom stereocenters. The van der Waals surface area contributed by atoms with Crippen molar-refractivity contribution >= 4 is 22.7 Å². The van der Waals surface area contributed by atoms with Gasteiger partial charge in [-0.3, -0.25) is 19.5 Å². The smallest absolute Gasteiger partial charge is 0.407 e. The zero-order valence-corrected chi connectivity index (χ0v) is 15.7. The van der Waals surface area contributed by atoms with Gasteiger partial charge in [-0.2, -0.15) is 0 Å². The molecule has 152 valence electrons. The first-order valence-electron chi connectivity index (χ1n) is 9.52. The summed E-state index contributed by atoms with van der Waals surface area (Å²) in [4.78, 5) is 36.6. The standard InChI is InChI=1S/C18H25N5O5/c24-17(20-6-2-9-21-11-7-19-8-12-21)3-1-10-22-15-5-4-14(23(26)27)13-16(15)28-18(22)25/h4-5,13,19H,1-3,6-12H2,(H,20,24). The summed E-state index contributed by atoms with van der Waals surface area (Å²) in [6.45, 7) is 6.06. The molecular weight excluding hydrogens is 366 g/mol. The van der Waals surface area contributed by atoms with Crippen LogP contribution >= 0.6 is 0 Å². The van der Waals surface area contributed by atoms with Crippen LogP contribution < -0.4 is 16.4 Å². The Labute approximate surface area is 161 Å². The van der Waals surface area contributed by atoms with Gasteiger partial charge in [-0.05, 0) is 25.5 Å². The molecule has 2 N–H and O–H groups in total. The topological polar surface area (TPSA) is 123 Å². The number of nitrogens with one attached hydrogen (secondary N) is 2. The maximum atomic E-state index is 12.0. The second-order valence-corrected chi connectivity index (χ2v) is 6.83. The summed E-state index contributed by atoms with van der Waals surface area (Å²) in [6.07, 6.45) is 1.70. The number of rotatable bonds is 9. The van der Waals surface area contributed by atoms with Gasteiger partial charge in [0.15, 0.2) is 5.58 Å². The van der Waals surface area contributed by atoms with E-state index in [4.69, 9.17) is 4.42 Å². The first-order chi connectivity index (χ1) is 13.5. The fraction of sp³-hybridized carbons (Fsp3) is 0.556. The van der Waals surface area contributed by atoms with Crippen LogP contribution in [0.15, 0.2) is 27.4 Å². The minimum absolute atomic E-state index is 0.0446. The van der Waals surface area contributed by atoms with Crippen LogP contribution in [0.25, 0.3) is 11.1 Å². The van der Waals surface area contributed by atoms with Gasteiger partial charge in [0.25, 0.3) is 5.69 Å². The van der Waals surface area contributed by atoms with Gasteiger partial charge in [0, 0.05) is 51.8 Å². The number of benzene rings is 1. The first-order valence-corrected chi connectivity index (χ1v) is 9.52. The number of aryl methyl sites for hydroxylation is 1. The lowest BCUT2D eigenvalue weighted by molar-refractivity contribution is -0.384. The predicted octanol–water partition coefficient (Wildman–Crippen LogP) is 0.694. The molecule has 1 saturated heterocycles. The molecule has 1 amide bonds. The van der Waals surface area contributed by atoms with Crippen molar-refractivity contribution in [2.45, 2.75) is 25.8 Å². The van der Waals surface area contributed by atoms with E-state index >= 15 is 0 Å².